The molecule has 0 N–H and O–H groups in total. The minimum atomic E-state index is -4.72. The van der Waals surface area contributed by atoms with Gasteiger partial charge in [-0.2, -0.15) is 13.2 Å². The molecule has 0 aliphatic carbocycles. The number of pyridine rings is 1. The van der Waals surface area contributed by atoms with Crippen LogP contribution >= 0.6 is 69.6 Å². The average molecular weight is 506 g/mol. The van der Waals surface area contributed by atoms with Crippen LogP contribution < -0.4 is 0 Å². The topological polar surface area (TPSA) is 12.9 Å². The third-order valence-corrected chi connectivity index (χ3v) is 5.80. The zero-order valence-corrected chi connectivity index (χ0v) is 17.8. The second-order valence-corrected chi connectivity index (χ2v) is 8.05. The van der Waals surface area contributed by atoms with E-state index in [1.54, 1.807) is 0 Å². The van der Waals surface area contributed by atoms with Gasteiger partial charge in [-0.3, -0.25) is 4.98 Å². The Balaban J connectivity index is 2.30. The van der Waals surface area contributed by atoms with Gasteiger partial charge >= 0.3 is 6.18 Å². The number of alkyl halides is 3. The summed E-state index contributed by atoms with van der Waals surface area (Å²) >= 11 is 36.0. The van der Waals surface area contributed by atoms with Crippen molar-refractivity contribution in [1.29, 1.82) is 0 Å². The Labute approximate surface area is 187 Å². The van der Waals surface area contributed by atoms with Crippen molar-refractivity contribution < 1.29 is 13.2 Å². The first kappa shape index (κ1) is 21.8. The number of hydrogen-bond acceptors (Lipinski definition) is 1. The summed E-state index contributed by atoms with van der Waals surface area (Å²) in [6, 6.07) is 6.21. The lowest BCUT2D eigenvalue weighted by Gasteiger charge is -2.16. The molecule has 146 valence electrons. The number of nitrogens with zero attached hydrogens (tertiary/aromatic N) is 1. The molecule has 28 heavy (non-hydrogen) atoms. The smallest absolute Gasteiger partial charge is 0.256 e. The van der Waals surface area contributed by atoms with E-state index in [1.165, 1.54) is 24.3 Å². The van der Waals surface area contributed by atoms with E-state index in [4.69, 9.17) is 69.6 Å². The van der Waals surface area contributed by atoms with Crippen LogP contribution in [0.3, 0.4) is 0 Å². The van der Waals surface area contributed by atoms with Crippen LogP contribution in [-0.2, 0) is 6.18 Å². The normalized spacial score (nSPS) is 11.8. The van der Waals surface area contributed by atoms with Crippen molar-refractivity contribution >= 4 is 69.6 Å². The van der Waals surface area contributed by atoms with Crippen molar-refractivity contribution in [3.63, 3.8) is 0 Å². The molecule has 0 aliphatic rings. The van der Waals surface area contributed by atoms with E-state index in [1.807, 2.05) is 0 Å². The highest BCUT2D eigenvalue weighted by atomic mass is 35.5. The Bertz CT molecular complexity index is 1080. The molecule has 1 aromatic heterocycles. The summed E-state index contributed by atoms with van der Waals surface area (Å²) in [6.45, 7) is 0. The Morgan fingerprint density at radius 1 is 0.643 bits per heavy atom. The van der Waals surface area contributed by atoms with Crippen LogP contribution in [0, 0.1) is 0 Å². The van der Waals surface area contributed by atoms with Crippen molar-refractivity contribution in [3.05, 3.63) is 72.2 Å². The summed E-state index contributed by atoms with van der Waals surface area (Å²) in [5.74, 6) is 0. The molecule has 0 atom stereocenters. The van der Waals surface area contributed by atoms with E-state index in [9.17, 15) is 13.2 Å². The molecule has 0 unspecified atom stereocenters. The second kappa shape index (κ2) is 8.10. The van der Waals surface area contributed by atoms with Gasteiger partial charge in [-0.05, 0) is 30.3 Å². The molecule has 0 amide bonds. The lowest BCUT2D eigenvalue weighted by Crippen LogP contribution is -2.08. The standard InChI is InChI=1S/C18H6Cl6F3N/c19-7-1-9(16(23)13(21)3-7)11-6-28-15(5-12(11)18(25,26)27)10-2-8(20)4-14(22)17(10)24/h1-6H. The Kier molecular flexibility index (Phi) is 6.31. The molecule has 0 saturated carbocycles. The molecule has 10 heteroatoms. The molecule has 0 bridgehead atoms. The third-order valence-electron chi connectivity index (χ3n) is 3.76. The van der Waals surface area contributed by atoms with Crippen LogP contribution in [0.2, 0.25) is 30.1 Å². The van der Waals surface area contributed by atoms with E-state index < -0.39 is 11.7 Å². The van der Waals surface area contributed by atoms with E-state index >= 15 is 0 Å². The minimum Gasteiger partial charge on any atom is -0.256 e. The van der Waals surface area contributed by atoms with Gasteiger partial charge in [0.1, 0.15) is 0 Å². The van der Waals surface area contributed by atoms with Crippen molar-refractivity contribution in [3.8, 4) is 22.4 Å². The van der Waals surface area contributed by atoms with Gasteiger partial charge in [0.05, 0.1) is 31.3 Å². The molecule has 0 saturated heterocycles. The van der Waals surface area contributed by atoms with E-state index in [0.29, 0.717) is 0 Å². The van der Waals surface area contributed by atoms with E-state index in [2.05, 4.69) is 4.98 Å². The fourth-order valence-electron chi connectivity index (χ4n) is 2.55. The molecular formula is C18H6Cl6F3N. The first-order valence-electron chi connectivity index (χ1n) is 7.36. The minimum absolute atomic E-state index is 0.000708. The average Bonchev–Trinajstić information content (AvgIpc) is 2.60. The largest absolute Gasteiger partial charge is 0.417 e. The maximum atomic E-state index is 13.8. The van der Waals surface area contributed by atoms with Gasteiger partial charge in [0.2, 0.25) is 0 Å². The molecule has 0 aliphatic heterocycles. The highest BCUT2D eigenvalue weighted by Gasteiger charge is 2.35. The van der Waals surface area contributed by atoms with E-state index in [-0.39, 0.29) is 52.5 Å². The lowest BCUT2D eigenvalue weighted by molar-refractivity contribution is -0.137. The fourth-order valence-corrected chi connectivity index (χ4v) is 3.95. The number of benzene rings is 2. The van der Waals surface area contributed by atoms with Gasteiger partial charge in [-0.1, -0.05) is 69.6 Å². The fraction of sp³-hybridized carbons (Fsp3) is 0.0556. The van der Waals surface area contributed by atoms with Gasteiger partial charge in [-0.25, -0.2) is 0 Å². The Morgan fingerprint density at radius 2 is 1.14 bits per heavy atom. The first-order valence-corrected chi connectivity index (χ1v) is 9.63. The molecular weight excluding hydrogens is 500 g/mol. The SMILES string of the molecule is FC(F)(F)c1cc(-c2cc(Cl)cc(Cl)c2Cl)ncc1-c1cc(Cl)cc(Cl)c1Cl. The first-order chi connectivity index (χ1) is 13.0. The predicted octanol–water partition coefficient (Wildman–Crippen LogP) is 9.35. The predicted molar refractivity (Wildman–Crippen MR) is 110 cm³/mol. The molecule has 3 aromatic rings. The van der Waals surface area contributed by atoms with Crippen molar-refractivity contribution in [2.24, 2.45) is 0 Å². The van der Waals surface area contributed by atoms with Crippen LogP contribution in [0.25, 0.3) is 22.4 Å². The van der Waals surface area contributed by atoms with Crippen LogP contribution in [0.15, 0.2) is 36.5 Å². The lowest BCUT2D eigenvalue weighted by atomic mass is 9.99. The highest BCUT2D eigenvalue weighted by Crippen LogP contribution is 2.44. The van der Waals surface area contributed by atoms with Crippen LogP contribution in [-0.4, -0.2) is 4.98 Å². The van der Waals surface area contributed by atoms with Crippen LogP contribution in [0.4, 0.5) is 13.2 Å². The molecule has 3 rings (SSSR count). The zero-order chi connectivity index (χ0) is 20.8. The summed E-state index contributed by atoms with van der Waals surface area (Å²) < 4.78 is 41.4. The molecule has 0 radical (unpaired) electrons. The summed E-state index contributed by atoms with van der Waals surface area (Å²) in [5, 5.41) is 0.400. The maximum absolute atomic E-state index is 13.8. The van der Waals surface area contributed by atoms with Crippen molar-refractivity contribution in [2.45, 2.75) is 6.18 Å². The van der Waals surface area contributed by atoms with Crippen molar-refractivity contribution in [2.75, 3.05) is 0 Å². The number of halogens is 9. The quantitative estimate of drug-likeness (QED) is 0.316. The van der Waals surface area contributed by atoms with Gasteiger partial charge in [-0.15, -0.1) is 0 Å². The van der Waals surface area contributed by atoms with Crippen LogP contribution in [0.5, 0.6) is 0 Å². The molecule has 1 nitrogen and oxygen atoms in total. The zero-order valence-electron chi connectivity index (χ0n) is 13.3. The Hall–Kier alpha value is -0.880. The van der Waals surface area contributed by atoms with Crippen LogP contribution in [0.1, 0.15) is 5.56 Å². The second-order valence-electron chi connectivity index (χ2n) is 5.61. The van der Waals surface area contributed by atoms with E-state index in [0.717, 1.165) is 12.3 Å². The summed E-state index contributed by atoms with van der Waals surface area (Å²) in [6.07, 6.45) is -3.70. The van der Waals surface area contributed by atoms with Gasteiger partial charge < -0.3 is 0 Å². The number of hydrogen-bond donors (Lipinski definition) is 0. The molecule has 1 heterocycles. The maximum Gasteiger partial charge on any atom is 0.417 e. The molecule has 0 spiro atoms. The van der Waals surface area contributed by atoms with Gasteiger partial charge in [0.25, 0.3) is 0 Å². The summed E-state index contributed by atoms with van der Waals surface area (Å²) in [7, 11) is 0. The van der Waals surface area contributed by atoms with Gasteiger partial charge in [0.15, 0.2) is 0 Å². The van der Waals surface area contributed by atoms with Crippen molar-refractivity contribution in [1.82, 2.24) is 4.98 Å². The summed E-state index contributed by atoms with van der Waals surface area (Å²) in [5.41, 5.74) is -1.18. The van der Waals surface area contributed by atoms with Gasteiger partial charge in [0, 0.05) is 32.9 Å². The highest BCUT2D eigenvalue weighted by molar-refractivity contribution is 6.45. The molecule has 2 aromatic carbocycles. The monoisotopic (exact) mass is 503 g/mol. The third kappa shape index (κ3) is 4.33. The summed E-state index contributed by atoms with van der Waals surface area (Å²) in [4.78, 5) is 4.10. The number of rotatable bonds is 2. The number of aromatic nitrogens is 1. The molecule has 0 fully saturated rings. The Morgan fingerprint density at radius 3 is 1.68 bits per heavy atom.